The van der Waals surface area contributed by atoms with Gasteiger partial charge in [0.15, 0.2) is 0 Å². The summed E-state index contributed by atoms with van der Waals surface area (Å²) in [6, 6.07) is 0. The highest BCUT2D eigenvalue weighted by Gasteiger charge is 2.20. The van der Waals surface area contributed by atoms with E-state index in [1.807, 2.05) is 0 Å². The average Bonchev–Trinajstić information content (AvgIpc) is 3.12. The second-order valence-electron chi connectivity index (χ2n) is 4.23. The van der Waals surface area contributed by atoms with Gasteiger partial charge in [-0.1, -0.05) is 0 Å². The molecule has 0 aliphatic carbocycles. The van der Waals surface area contributed by atoms with Gasteiger partial charge in [0.1, 0.15) is 0 Å². The topological polar surface area (TPSA) is 67.9 Å². The van der Waals surface area contributed by atoms with E-state index < -0.39 is 0 Å². The summed E-state index contributed by atoms with van der Waals surface area (Å²) in [4.78, 5) is 22.1. The molecule has 1 heterocycles. The van der Waals surface area contributed by atoms with Crippen LogP contribution in [0, 0.1) is 0 Å². The number of amides is 1. The van der Waals surface area contributed by atoms with Crippen LogP contribution >= 0.6 is 0 Å². The molecule has 1 atom stereocenters. The van der Waals surface area contributed by atoms with Gasteiger partial charge in [0.25, 0.3) is 0 Å². The van der Waals surface area contributed by atoms with Crippen LogP contribution in [0.3, 0.4) is 0 Å². The maximum atomic E-state index is 11.3. The number of hydrogen-bond acceptors (Lipinski definition) is 4. The zero-order valence-electron chi connectivity index (χ0n) is 10.4. The fourth-order valence-corrected chi connectivity index (χ4v) is 1.54. The van der Waals surface area contributed by atoms with E-state index in [1.54, 1.807) is 0 Å². The Morgan fingerprint density at radius 3 is 2.71 bits per heavy atom. The van der Waals surface area contributed by atoms with Crippen LogP contribution in [-0.2, 0) is 19.1 Å². The molecule has 0 aromatic rings. The molecule has 0 radical (unpaired) electrons. The van der Waals surface area contributed by atoms with E-state index in [1.165, 1.54) is 7.11 Å². The van der Waals surface area contributed by atoms with Crippen LogP contribution in [0.2, 0.25) is 0 Å². The van der Waals surface area contributed by atoms with Gasteiger partial charge in [-0.2, -0.15) is 0 Å². The lowest BCUT2D eigenvalue weighted by atomic mass is 10.2. The van der Waals surface area contributed by atoms with Crippen LogP contribution in [-0.4, -0.2) is 38.2 Å². The molecule has 0 spiro atoms. The summed E-state index contributed by atoms with van der Waals surface area (Å²) in [5.74, 6) is -0.251. The van der Waals surface area contributed by atoms with Gasteiger partial charge in [-0.3, -0.25) is 9.59 Å². The Morgan fingerprint density at radius 1 is 1.29 bits per heavy atom. The van der Waals surface area contributed by atoms with Gasteiger partial charge in [-0.25, -0.2) is 0 Å². The third kappa shape index (κ3) is 7.74. The van der Waals surface area contributed by atoms with E-state index in [-0.39, 0.29) is 11.9 Å². The van der Waals surface area contributed by atoms with E-state index in [9.17, 15) is 9.59 Å². The standard InChI is InChI=1S/C12H21NO4/c1-16-12(15)7-4-6-11(14)13-8-3-2-5-10-9-17-10/h10H,2-9H2,1H3,(H,13,14). The van der Waals surface area contributed by atoms with Crippen LogP contribution in [0.5, 0.6) is 0 Å². The normalized spacial score (nSPS) is 17.6. The van der Waals surface area contributed by atoms with Gasteiger partial charge in [0.05, 0.1) is 19.8 Å². The predicted molar refractivity (Wildman–Crippen MR) is 62.5 cm³/mol. The van der Waals surface area contributed by atoms with Gasteiger partial charge in [0.2, 0.25) is 5.91 Å². The SMILES string of the molecule is COC(=O)CCCC(=O)NCCCCC1CO1. The van der Waals surface area contributed by atoms with E-state index in [0.29, 0.717) is 31.9 Å². The molecule has 1 aliphatic rings. The van der Waals surface area contributed by atoms with Crippen LogP contribution < -0.4 is 5.32 Å². The van der Waals surface area contributed by atoms with Crippen molar-refractivity contribution in [2.24, 2.45) is 0 Å². The summed E-state index contributed by atoms with van der Waals surface area (Å²) >= 11 is 0. The van der Waals surface area contributed by atoms with Gasteiger partial charge in [-0.15, -0.1) is 0 Å². The molecular weight excluding hydrogens is 222 g/mol. The average molecular weight is 243 g/mol. The largest absolute Gasteiger partial charge is 0.469 e. The van der Waals surface area contributed by atoms with Crippen molar-refractivity contribution in [3.05, 3.63) is 0 Å². The number of carbonyl (C=O) groups excluding carboxylic acids is 2. The molecule has 17 heavy (non-hydrogen) atoms. The lowest BCUT2D eigenvalue weighted by molar-refractivity contribution is -0.140. The monoisotopic (exact) mass is 243 g/mol. The Hall–Kier alpha value is -1.10. The molecule has 1 amide bonds. The molecule has 1 unspecified atom stereocenters. The highest BCUT2D eigenvalue weighted by Crippen LogP contribution is 2.15. The molecule has 0 aromatic heterocycles. The minimum atomic E-state index is -0.262. The fraction of sp³-hybridized carbons (Fsp3) is 0.833. The van der Waals surface area contributed by atoms with Crippen molar-refractivity contribution >= 4 is 11.9 Å². The molecule has 98 valence electrons. The van der Waals surface area contributed by atoms with Gasteiger partial charge < -0.3 is 14.8 Å². The number of esters is 1. The quantitative estimate of drug-likeness (QED) is 0.373. The summed E-state index contributed by atoms with van der Waals surface area (Å²) in [5, 5.41) is 2.84. The summed E-state index contributed by atoms with van der Waals surface area (Å²) in [5.41, 5.74) is 0. The number of carbonyl (C=O) groups is 2. The number of rotatable bonds is 9. The maximum absolute atomic E-state index is 11.3. The molecule has 1 saturated heterocycles. The molecule has 0 saturated carbocycles. The van der Waals surface area contributed by atoms with Crippen molar-refractivity contribution in [3.8, 4) is 0 Å². The van der Waals surface area contributed by atoms with Gasteiger partial charge >= 0.3 is 5.97 Å². The fourth-order valence-electron chi connectivity index (χ4n) is 1.54. The van der Waals surface area contributed by atoms with E-state index in [4.69, 9.17) is 4.74 Å². The molecular formula is C12H21NO4. The maximum Gasteiger partial charge on any atom is 0.305 e. The van der Waals surface area contributed by atoms with Crippen molar-refractivity contribution < 1.29 is 19.1 Å². The van der Waals surface area contributed by atoms with E-state index >= 15 is 0 Å². The Morgan fingerprint density at radius 2 is 2.06 bits per heavy atom. The first-order valence-corrected chi connectivity index (χ1v) is 6.17. The van der Waals surface area contributed by atoms with Crippen LogP contribution in [0.15, 0.2) is 0 Å². The van der Waals surface area contributed by atoms with Crippen molar-refractivity contribution in [3.63, 3.8) is 0 Å². The summed E-state index contributed by atoms with van der Waals surface area (Å²) in [7, 11) is 1.35. The Balaban J connectivity index is 1.84. The third-order valence-electron chi connectivity index (χ3n) is 2.69. The first kappa shape index (κ1) is 14.0. The lowest BCUT2D eigenvalue weighted by Crippen LogP contribution is -2.24. The van der Waals surface area contributed by atoms with Crippen molar-refractivity contribution in [1.29, 1.82) is 0 Å². The van der Waals surface area contributed by atoms with E-state index in [0.717, 1.165) is 25.9 Å². The summed E-state index contributed by atoms with van der Waals surface area (Å²) in [6.45, 7) is 1.61. The Kier molecular flexibility index (Phi) is 6.62. The molecule has 1 aliphatic heterocycles. The molecule has 1 fully saturated rings. The molecule has 5 heteroatoms. The van der Waals surface area contributed by atoms with Gasteiger partial charge in [0, 0.05) is 19.4 Å². The number of hydrogen-bond donors (Lipinski definition) is 1. The van der Waals surface area contributed by atoms with Gasteiger partial charge in [-0.05, 0) is 25.7 Å². The number of methoxy groups -OCH3 is 1. The number of ether oxygens (including phenoxy) is 2. The summed E-state index contributed by atoms with van der Waals surface area (Å²) in [6.07, 6.45) is 4.90. The first-order valence-electron chi connectivity index (χ1n) is 6.17. The number of nitrogens with one attached hydrogen (secondary N) is 1. The summed E-state index contributed by atoms with van der Waals surface area (Å²) < 4.78 is 9.58. The molecule has 1 N–H and O–H groups in total. The van der Waals surface area contributed by atoms with Crippen molar-refractivity contribution in [1.82, 2.24) is 5.32 Å². The van der Waals surface area contributed by atoms with Crippen LogP contribution in [0.25, 0.3) is 0 Å². The zero-order valence-corrected chi connectivity index (χ0v) is 10.4. The highest BCUT2D eigenvalue weighted by atomic mass is 16.6. The van der Waals surface area contributed by atoms with Crippen molar-refractivity contribution in [2.45, 2.75) is 44.6 Å². The molecule has 0 bridgehead atoms. The van der Waals surface area contributed by atoms with Crippen LogP contribution in [0.4, 0.5) is 0 Å². The molecule has 1 rings (SSSR count). The second kappa shape index (κ2) is 8.06. The Labute approximate surface area is 102 Å². The Bertz CT molecular complexity index is 251. The molecule has 0 aromatic carbocycles. The third-order valence-corrected chi connectivity index (χ3v) is 2.69. The highest BCUT2D eigenvalue weighted by molar-refractivity contribution is 5.76. The minimum Gasteiger partial charge on any atom is -0.469 e. The lowest BCUT2D eigenvalue weighted by Gasteiger charge is -2.04. The van der Waals surface area contributed by atoms with Crippen LogP contribution in [0.1, 0.15) is 38.5 Å². The predicted octanol–water partition coefficient (Wildman–Crippen LogP) is 1.01. The molecule has 5 nitrogen and oxygen atoms in total. The number of unbranched alkanes of at least 4 members (excludes halogenated alkanes) is 1. The number of epoxide rings is 1. The smallest absolute Gasteiger partial charge is 0.305 e. The second-order valence-corrected chi connectivity index (χ2v) is 4.23. The first-order chi connectivity index (χ1) is 8.22. The van der Waals surface area contributed by atoms with E-state index in [2.05, 4.69) is 10.1 Å². The van der Waals surface area contributed by atoms with Crippen molar-refractivity contribution in [2.75, 3.05) is 20.3 Å². The zero-order chi connectivity index (χ0) is 12.5. The minimum absolute atomic E-state index is 0.0107.